The molecule has 0 aromatic rings. The Bertz CT molecular complexity index is 487. The number of carboxylic acids is 1. The van der Waals surface area contributed by atoms with Gasteiger partial charge in [0.25, 0.3) is 5.91 Å². The Morgan fingerprint density at radius 2 is 2.23 bits per heavy atom. The summed E-state index contributed by atoms with van der Waals surface area (Å²) >= 11 is 5.79. The molecule has 0 spiro atoms. The van der Waals surface area contributed by atoms with Crippen LogP contribution in [-0.4, -0.2) is 55.6 Å². The van der Waals surface area contributed by atoms with E-state index in [1.165, 1.54) is 16.7 Å². The highest BCUT2D eigenvalue weighted by molar-refractivity contribution is 7.99. The van der Waals surface area contributed by atoms with Gasteiger partial charge in [-0.15, -0.1) is 11.8 Å². The third-order valence-electron chi connectivity index (χ3n) is 4.35. The van der Waals surface area contributed by atoms with Gasteiger partial charge in [-0.1, -0.05) is 13.3 Å². The second-order valence-corrected chi connectivity index (χ2v) is 7.77. The Kier molecular flexibility index (Phi) is 5.45. The lowest BCUT2D eigenvalue weighted by Crippen LogP contribution is -2.63. The Labute approximate surface area is 139 Å². The van der Waals surface area contributed by atoms with Gasteiger partial charge in [-0.05, 0) is 31.4 Å². The number of amides is 1. The molecule has 3 N–H and O–H groups in total. The number of nitrogens with zero attached hydrogens (tertiary/aromatic N) is 1. The van der Waals surface area contributed by atoms with E-state index in [-0.39, 0.29) is 17.6 Å². The summed E-state index contributed by atoms with van der Waals surface area (Å²) in [4.78, 5) is 38.2. The van der Waals surface area contributed by atoms with Crippen molar-refractivity contribution in [2.45, 2.75) is 61.2 Å². The summed E-state index contributed by atoms with van der Waals surface area (Å²) in [5.74, 6) is -1.41. The first-order chi connectivity index (χ1) is 10.3. The van der Waals surface area contributed by atoms with Crippen molar-refractivity contribution in [2.24, 2.45) is 5.73 Å². The van der Waals surface area contributed by atoms with Gasteiger partial charge in [0.15, 0.2) is 11.3 Å². The number of carbonyl (C=O) groups is 3. The molecule has 8 heteroatoms. The van der Waals surface area contributed by atoms with Gasteiger partial charge in [0, 0.05) is 0 Å². The van der Waals surface area contributed by atoms with Crippen LogP contribution >= 0.6 is 24.4 Å². The molecule has 4 unspecified atom stereocenters. The number of carbonyl (C=O) groups excluding carboxylic acids is 2. The summed E-state index contributed by atoms with van der Waals surface area (Å²) in [6, 6.07) is -0.886. The molecule has 1 amide bonds. The number of fused-ring (bicyclic) bond motifs is 1. The van der Waals surface area contributed by atoms with E-state index in [4.69, 9.17) is 5.73 Å². The average molecular weight is 346 g/mol. The molecule has 2 aliphatic rings. The van der Waals surface area contributed by atoms with Gasteiger partial charge in [-0.25, -0.2) is 4.79 Å². The zero-order chi connectivity index (χ0) is 16.5. The fourth-order valence-electron chi connectivity index (χ4n) is 3.08. The number of thiol groups is 1. The third kappa shape index (κ3) is 3.00. The zero-order valence-electron chi connectivity index (χ0n) is 12.5. The molecule has 2 heterocycles. The van der Waals surface area contributed by atoms with Crippen LogP contribution in [0.25, 0.3) is 0 Å². The van der Waals surface area contributed by atoms with E-state index in [1.807, 2.05) is 6.92 Å². The van der Waals surface area contributed by atoms with Crippen LogP contribution in [-0.2, 0) is 14.4 Å². The number of hydrogen-bond acceptors (Lipinski definition) is 6. The summed E-state index contributed by atoms with van der Waals surface area (Å²) in [5.41, 5.74) is 4.55. The first-order valence-corrected chi connectivity index (χ1v) is 9.08. The molecular formula is C14H22N2O4S2. The van der Waals surface area contributed by atoms with Gasteiger partial charge in [-0.3, -0.25) is 9.59 Å². The second kappa shape index (κ2) is 6.80. The SMILES string of the molecule is CCCC(S)C(=O)C1(N)CCSC2CCC(C(=O)O)N2C1=O. The predicted octanol–water partition coefficient (Wildman–Crippen LogP) is 0.890. The molecule has 22 heavy (non-hydrogen) atoms. The summed E-state index contributed by atoms with van der Waals surface area (Å²) in [6.07, 6.45) is 2.57. The standard InChI is InChI=1S/C14H22N2O4S2/c1-2-3-9(21)11(17)14(15)6-7-22-10-5-4-8(12(18)19)16(10)13(14)20/h8-10,21H,2-7,15H2,1H3,(H,18,19). The van der Waals surface area contributed by atoms with Crippen LogP contribution in [0.4, 0.5) is 0 Å². The lowest BCUT2D eigenvalue weighted by molar-refractivity contribution is -0.153. The van der Waals surface area contributed by atoms with Gasteiger partial charge in [0.05, 0.1) is 10.6 Å². The maximum Gasteiger partial charge on any atom is 0.326 e. The number of thioether (sulfide) groups is 1. The van der Waals surface area contributed by atoms with Gasteiger partial charge < -0.3 is 15.7 Å². The highest BCUT2D eigenvalue weighted by atomic mass is 32.2. The van der Waals surface area contributed by atoms with E-state index in [2.05, 4.69) is 12.6 Å². The van der Waals surface area contributed by atoms with E-state index in [0.29, 0.717) is 25.0 Å². The molecule has 2 saturated heterocycles. The molecule has 0 bridgehead atoms. The third-order valence-corrected chi connectivity index (χ3v) is 6.13. The van der Waals surface area contributed by atoms with E-state index in [9.17, 15) is 19.5 Å². The van der Waals surface area contributed by atoms with Gasteiger partial charge in [0.1, 0.15) is 6.04 Å². The van der Waals surface area contributed by atoms with Crippen LogP contribution in [0, 0.1) is 0 Å². The van der Waals surface area contributed by atoms with Crippen LogP contribution in [0.3, 0.4) is 0 Å². The van der Waals surface area contributed by atoms with E-state index in [1.54, 1.807) is 0 Å². The van der Waals surface area contributed by atoms with Crippen molar-refractivity contribution < 1.29 is 19.5 Å². The lowest BCUT2D eigenvalue weighted by atomic mass is 9.87. The molecule has 6 nitrogen and oxygen atoms in total. The van der Waals surface area contributed by atoms with E-state index >= 15 is 0 Å². The smallest absolute Gasteiger partial charge is 0.326 e. The summed E-state index contributed by atoms with van der Waals surface area (Å²) in [6.45, 7) is 1.93. The monoisotopic (exact) mass is 346 g/mol. The molecule has 4 atom stereocenters. The number of carboxylic acid groups (broad SMARTS) is 1. The number of ketones is 1. The van der Waals surface area contributed by atoms with Crippen molar-refractivity contribution in [3.8, 4) is 0 Å². The topological polar surface area (TPSA) is 101 Å². The molecule has 0 aliphatic carbocycles. The summed E-state index contributed by atoms with van der Waals surface area (Å²) in [7, 11) is 0. The van der Waals surface area contributed by atoms with Gasteiger partial charge in [0.2, 0.25) is 0 Å². The molecular weight excluding hydrogens is 324 g/mol. The minimum Gasteiger partial charge on any atom is -0.480 e. The minimum absolute atomic E-state index is 0.198. The maximum atomic E-state index is 12.9. The van der Waals surface area contributed by atoms with Crippen LogP contribution in [0.2, 0.25) is 0 Å². The molecule has 2 fully saturated rings. The van der Waals surface area contributed by atoms with Crippen molar-refractivity contribution in [3.63, 3.8) is 0 Å². The van der Waals surface area contributed by atoms with Crippen LogP contribution in [0.15, 0.2) is 0 Å². The highest BCUT2D eigenvalue weighted by Gasteiger charge is 2.53. The number of hydrogen-bond donors (Lipinski definition) is 3. The average Bonchev–Trinajstić information content (AvgIpc) is 2.84. The van der Waals surface area contributed by atoms with Crippen molar-refractivity contribution in [3.05, 3.63) is 0 Å². The Morgan fingerprint density at radius 3 is 2.82 bits per heavy atom. The van der Waals surface area contributed by atoms with E-state index < -0.39 is 28.7 Å². The summed E-state index contributed by atoms with van der Waals surface area (Å²) < 4.78 is 0. The van der Waals surface area contributed by atoms with Crippen molar-refractivity contribution in [1.29, 1.82) is 0 Å². The summed E-state index contributed by atoms with van der Waals surface area (Å²) in [5, 5.41) is 8.53. The quantitative estimate of drug-likeness (QED) is 0.505. The highest BCUT2D eigenvalue weighted by Crippen LogP contribution is 2.38. The molecule has 124 valence electrons. The maximum absolute atomic E-state index is 12.9. The molecule has 0 saturated carbocycles. The van der Waals surface area contributed by atoms with Gasteiger partial charge in [-0.2, -0.15) is 12.6 Å². The predicted molar refractivity (Wildman–Crippen MR) is 88.0 cm³/mol. The molecule has 0 aromatic heterocycles. The first-order valence-electron chi connectivity index (χ1n) is 7.51. The molecule has 0 aromatic carbocycles. The largest absolute Gasteiger partial charge is 0.480 e. The van der Waals surface area contributed by atoms with Crippen molar-refractivity contribution in [2.75, 3.05) is 5.75 Å². The lowest BCUT2D eigenvalue weighted by Gasteiger charge is -2.33. The fourth-order valence-corrected chi connectivity index (χ4v) is 4.99. The minimum atomic E-state index is -1.65. The number of aliphatic carboxylic acids is 1. The van der Waals surface area contributed by atoms with Crippen LogP contribution < -0.4 is 5.73 Å². The second-order valence-electron chi connectivity index (χ2n) is 5.86. The van der Waals surface area contributed by atoms with Crippen molar-refractivity contribution >= 4 is 42.1 Å². The van der Waals surface area contributed by atoms with Crippen molar-refractivity contribution in [1.82, 2.24) is 4.90 Å². The van der Waals surface area contributed by atoms with Gasteiger partial charge >= 0.3 is 5.97 Å². The molecule has 2 aliphatic heterocycles. The number of Topliss-reactive ketones (excluding diaryl/α,β-unsaturated/α-hetero) is 1. The Morgan fingerprint density at radius 1 is 1.55 bits per heavy atom. The zero-order valence-corrected chi connectivity index (χ0v) is 14.2. The first kappa shape index (κ1) is 17.6. The van der Waals surface area contributed by atoms with Crippen LogP contribution in [0.5, 0.6) is 0 Å². The number of nitrogens with two attached hydrogens (primary N) is 1. The van der Waals surface area contributed by atoms with Crippen LogP contribution in [0.1, 0.15) is 39.0 Å². The van der Waals surface area contributed by atoms with E-state index in [0.717, 1.165) is 6.42 Å². The Balaban J connectivity index is 2.31. The normalized spacial score (nSPS) is 33.2. The number of rotatable bonds is 5. The molecule has 0 radical (unpaired) electrons. The Hall–Kier alpha value is -0.730. The fraction of sp³-hybridized carbons (Fsp3) is 0.786. The molecule has 2 rings (SSSR count).